The minimum absolute atomic E-state index is 0.101. The van der Waals surface area contributed by atoms with Crippen LogP contribution in [0.25, 0.3) is 0 Å². The van der Waals surface area contributed by atoms with Crippen LogP contribution in [0.3, 0.4) is 0 Å². The normalized spacial score (nSPS) is 17.4. The van der Waals surface area contributed by atoms with E-state index >= 15 is 0 Å². The molecule has 0 unspecified atom stereocenters. The summed E-state index contributed by atoms with van der Waals surface area (Å²) < 4.78 is 23.8. The predicted molar refractivity (Wildman–Crippen MR) is 77.2 cm³/mol. The SMILES string of the molecule is CC1CCN(c2sc(C#N)c(N)c2S(C)(=O)=O)CC1. The molecule has 0 aromatic carbocycles. The van der Waals surface area contributed by atoms with E-state index in [2.05, 4.69) is 6.92 Å². The van der Waals surface area contributed by atoms with Gasteiger partial charge in [0.05, 0.1) is 5.69 Å². The van der Waals surface area contributed by atoms with E-state index in [0.29, 0.717) is 10.9 Å². The standard InChI is InChI=1S/C12H17N3O2S2/c1-8-3-5-15(6-4-8)12-11(19(2,16)17)10(14)9(7-13)18-12/h8H,3-6,14H2,1-2H3. The number of piperidine rings is 1. The monoisotopic (exact) mass is 299 g/mol. The van der Waals surface area contributed by atoms with Crippen LogP contribution in [0.1, 0.15) is 24.6 Å². The fourth-order valence-corrected chi connectivity index (χ4v) is 4.83. The first kappa shape index (κ1) is 14.2. The van der Waals surface area contributed by atoms with E-state index in [0.717, 1.165) is 32.2 Å². The number of nitrogens with zero attached hydrogens (tertiary/aromatic N) is 2. The summed E-state index contributed by atoms with van der Waals surface area (Å²) in [6.07, 6.45) is 3.20. The summed E-state index contributed by atoms with van der Waals surface area (Å²) in [5.41, 5.74) is 5.92. The minimum atomic E-state index is -3.42. The van der Waals surface area contributed by atoms with Gasteiger partial charge in [-0.05, 0) is 18.8 Å². The Morgan fingerprint density at radius 3 is 2.47 bits per heavy atom. The number of rotatable bonds is 2. The van der Waals surface area contributed by atoms with Gasteiger partial charge in [-0.25, -0.2) is 8.42 Å². The van der Waals surface area contributed by atoms with Crippen molar-refractivity contribution in [1.29, 1.82) is 5.26 Å². The zero-order valence-electron chi connectivity index (χ0n) is 11.0. The van der Waals surface area contributed by atoms with Crippen molar-refractivity contribution in [2.45, 2.75) is 24.7 Å². The lowest BCUT2D eigenvalue weighted by Crippen LogP contribution is -2.33. The summed E-state index contributed by atoms with van der Waals surface area (Å²) in [4.78, 5) is 2.45. The molecule has 1 aliphatic rings. The van der Waals surface area contributed by atoms with Gasteiger partial charge < -0.3 is 10.6 Å². The van der Waals surface area contributed by atoms with Gasteiger partial charge in [0, 0.05) is 19.3 Å². The van der Waals surface area contributed by atoms with Gasteiger partial charge in [-0.15, -0.1) is 11.3 Å². The second-order valence-electron chi connectivity index (χ2n) is 5.03. The average Bonchev–Trinajstić information content (AvgIpc) is 2.67. The number of anilines is 2. The van der Waals surface area contributed by atoms with Crippen LogP contribution in [0.2, 0.25) is 0 Å². The second kappa shape index (κ2) is 5.02. The third-order valence-electron chi connectivity index (χ3n) is 3.43. The smallest absolute Gasteiger partial charge is 0.180 e. The van der Waals surface area contributed by atoms with Gasteiger partial charge in [0.15, 0.2) is 9.84 Å². The Labute approximate surface area is 117 Å². The first-order chi connectivity index (χ1) is 8.84. The van der Waals surface area contributed by atoms with Crippen LogP contribution in [-0.4, -0.2) is 27.8 Å². The number of nitrogen functional groups attached to an aromatic ring is 1. The fraction of sp³-hybridized carbons (Fsp3) is 0.583. The van der Waals surface area contributed by atoms with Gasteiger partial charge in [0.25, 0.3) is 0 Å². The molecular formula is C12H17N3O2S2. The van der Waals surface area contributed by atoms with Crippen molar-refractivity contribution in [1.82, 2.24) is 0 Å². The van der Waals surface area contributed by atoms with E-state index < -0.39 is 9.84 Å². The molecule has 1 aromatic heterocycles. The highest BCUT2D eigenvalue weighted by Gasteiger charge is 2.28. The molecule has 0 bridgehead atoms. The molecule has 1 aromatic rings. The van der Waals surface area contributed by atoms with Gasteiger partial charge in [-0.2, -0.15) is 5.26 Å². The molecule has 0 radical (unpaired) electrons. The lowest BCUT2D eigenvalue weighted by Gasteiger charge is -2.31. The highest BCUT2D eigenvalue weighted by atomic mass is 32.2. The molecule has 2 rings (SSSR count). The zero-order valence-corrected chi connectivity index (χ0v) is 12.6. The third-order valence-corrected chi connectivity index (χ3v) is 5.88. The molecule has 1 fully saturated rings. The van der Waals surface area contributed by atoms with Crippen molar-refractivity contribution in [3.05, 3.63) is 4.88 Å². The molecule has 0 amide bonds. The van der Waals surface area contributed by atoms with Crippen molar-refractivity contribution >= 4 is 31.9 Å². The minimum Gasteiger partial charge on any atom is -0.396 e. The van der Waals surface area contributed by atoms with Crippen LogP contribution in [0.15, 0.2) is 4.90 Å². The molecule has 5 nitrogen and oxygen atoms in total. The third kappa shape index (κ3) is 2.69. The van der Waals surface area contributed by atoms with E-state index in [1.807, 2.05) is 11.0 Å². The van der Waals surface area contributed by atoms with Gasteiger partial charge >= 0.3 is 0 Å². The Bertz CT molecular complexity index is 620. The zero-order chi connectivity index (χ0) is 14.2. The second-order valence-corrected chi connectivity index (χ2v) is 7.98. The first-order valence-electron chi connectivity index (χ1n) is 6.12. The maximum Gasteiger partial charge on any atom is 0.180 e. The van der Waals surface area contributed by atoms with Crippen LogP contribution in [-0.2, 0) is 9.84 Å². The van der Waals surface area contributed by atoms with Crippen LogP contribution >= 0.6 is 11.3 Å². The highest BCUT2D eigenvalue weighted by Crippen LogP contribution is 2.42. The quantitative estimate of drug-likeness (QED) is 0.900. The maximum atomic E-state index is 11.9. The van der Waals surface area contributed by atoms with E-state index in [9.17, 15) is 8.42 Å². The summed E-state index contributed by atoms with van der Waals surface area (Å²) in [6, 6.07) is 1.98. The Morgan fingerprint density at radius 2 is 2.00 bits per heavy atom. The van der Waals surface area contributed by atoms with Crippen molar-refractivity contribution in [3.63, 3.8) is 0 Å². The molecule has 104 valence electrons. The average molecular weight is 299 g/mol. The van der Waals surface area contributed by atoms with Crippen LogP contribution in [0.4, 0.5) is 10.7 Å². The Morgan fingerprint density at radius 1 is 1.42 bits per heavy atom. The summed E-state index contributed by atoms with van der Waals surface area (Å²) >= 11 is 1.18. The van der Waals surface area contributed by atoms with Gasteiger partial charge in [-0.3, -0.25) is 0 Å². The number of nitriles is 1. The summed E-state index contributed by atoms with van der Waals surface area (Å²) in [5, 5.41) is 9.66. The lowest BCUT2D eigenvalue weighted by molar-refractivity contribution is 0.438. The van der Waals surface area contributed by atoms with Crippen molar-refractivity contribution in [2.24, 2.45) is 5.92 Å². The van der Waals surface area contributed by atoms with Crippen molar-refractivity contribution < 1.29 is 8.42 Å². The van der Waals surface area contributed by atoms with Crippen LogP contribution in [0, 0.1) is 17.2 Å². The van der Waals surface area contributed by atoms with Crippen molar-refractivity contribution in [2.75, 3.05) is 30.0 Å². The lowest BCUT2D eigenvalue weighted by atomic mass is 9.99. The maximum absolute atomic E-state index is 11.9. The van der Waals surface area contributed by atoms with Gasteiger partial charge in [0.1, 0.15) is 20.8 Å². The summed E-state index contributed by atoms with van der Waals surface area (Å²) in [5.74, 6) is 0.658. The van der Waals surface area contributed by atoms with E-state index in [1.165, 1.54) is 11.3 Å². The number of thiophene rings is 1. The summed E-state index contributed by atoms with van der Waals surface area (Å²) in [7, 11) is -3.42. The molecule has 2 heterocycles. The number of hydrogen-bond donors (Lipinski definition) is 1. The van der Waals surface area contributed by atoms with Crippen molar-refractivity contribution in [3.8, 4) is 6.07 Å². The molecule has 19 heavy (non-hydrogen) atoms. The highest BCUT2D eigenvalue weighted by molar-refractivity contribution is 7.91. The topological polar surface area (TPSA) is 87.2 Å². The molecule has 0 atom stereocenters. The molecule has 0 saturated carbocycles. The Kier molecular flexibility index (Phi) is 3.74. The molecule has 0 aliphatic carbocycles. The molecule has 1 saturated heterocycles. The van der Waals surface area contributed by atoms with Gasteiger partial charge in [-0.1, -0.05) is 6.92 Å². The van der Waals surface area contributed by atoms with Crippen LogP contribution in [0.5, 0.6) is 0 Å². The Hall–Kier alpha value is -1.26. The van der Waals surface area contributed by atoms with E-state index in [4.69, 9.17) is 11.0 Å². The first-order valence-corrected chi connectivity index (χ1v) is 8.82. The summed E-state index contributed by atoms with van der Waals surface area (Å²) in [6.45, 7) is 3.82. The number of hydrogen-bond acceptors (Lipinski definition) is 6. The Balaban J connectivity index is 2.49. The predicted octanol–water partition coefficient (Wildman–Crippen LogP) is 1.84. The molecule has 0 spiro atoms. The molecule has 1 aliphatic heterocycles. The molecule has 7 heteroatoms. The number of nitrogens with two attached hydrogens (primary N) is 1. The largest absolute Gasteiger partial charge is 0.396 e. The number of sulfone groups is 1. The molecule has 2 N–H and O–H groups in total. The van der Waals surface area contributed by atoms with Crippen LogP contribution < -0.4 is 10.6 Å². The van der Waals surface area contributed by atoms with E-state index in [-0.39, 0.29) is 15.5 Å². The fourth-order valence-electron chi connectivity index (χ4n) is 2.28. The van der Waals surface area contributed by atoms with E-state index in [1.54, 1.807) is 0 Å². The molecular weight excluding hydrogens is 282 g/mol. The van der Waals surface area contributed by atoms with Gasteiger partial charge in [0.2, 0.25) is 0 Å².